The minimum absolute atomic E-state index is 0.195. The van der Waals surface area contributed by atoms with E-state index in [1.807, 2.05) is 0 Å². The fraction of sp³-hybridized carbons (Fsp3) is 0.462. The molecule has 0 spiro atoms. The van der Waals surface area contributed by atoms with Crippen LogP contribution in [-0.2, 0) is 44.9 Å². The molecule has 1 rings (SSSR count). The van der Waals surface area contributed by atoms with Crippen molar-refractivity contribution in [3.05, 3.63) is 35.9 Å². The Morgan fingerprint density at radius 1 is 0.721 bits per heavy atom. The summed E-state index contributed by atoms with van der Waals surface area (Å²) in [5.41, 5.74) is 5.75. The number of benzene rings is 1. The van der Waals surface area contributed by atoms with Crippen molar-refractivity contribution >= 4 is 47.6 Å². The number of carbonyl (C=O) groups excluding carboxylic acids is 5. The third-order valence-corrected chi connectivity index (χ3v) is 5.77. The van der Waals surface area contributed by atoms with E-state index in [-0.39, 0.29) is 6.61 Å². The number of nitrogens with two attached hydrogens (primary N) is 1. The van der Waals surface area contributed by atoms with Crippen molar-refractivity contribution in [1.29, 1.82) is 0 Å². The predicted molar refractivity (Wildman–Crippen MR) is 145 cm³/mol. The van der Waals surface area contributed by atoms with Gasteiger partial charge in [-0.15, -0.1) is 0 Å². The Balaban J connectivity index is 3.06. The molecule has 0 aliphatic rings. The molecule has 0 saturated heterocycles. The van der Waals surface area contributed by atoms with Gasteiger partial charge in [-0.1, -0.05) is 44.2 Å². The molecule has 0 fully saturated rings. The molecule has 0 heterocycles. The number of carbonyl (C=O) groups is 8. The van der Waals surface area contributed by atoms with Gasteiger partial charge in [0.25, 0.3) is 0 Å². The molecule has 17 heteroatoms. The molecule has 1 aromatic rings. The Hall–Kier alpha value is -5.22. The monoisotopic (exact) mass is 609 g/mol. The van der Waals surface area contributed by atoms with E-state index in [1.54, 1.807) is 30.3 Å². The van der Waals surface area contributed by atoms with Gasteiger partial charge in [0, 0.05) is 6.42 Å². The fourth-order valence-electron chi connectivity index (χ4n) is 3.55. The third-order valence-electron chi connectivity index (χ3n) is 5.77. The lowest BCUT2D eigenvalue weighted by atomic mass is 10.0. The molecule has 4 atom stereocenters. The van der Waals surface area contributed by atoms with Crippen LogP contribution < -0.4 is 27.0 Å². The van der Waals surface area contributed by atoms with Gasteiger partial charge in [-0.3, -0.25) is 33.6 Å². The maximum absolute atomic E-state index is 13.1. The quantitative estimate of drug-likeness (QED) is 0.0963. The molecule has 236 valence electrons. The van der Waals surface area contributed by atoms with E-state index in [1.165, 1.54) is 13.8 Å². The molecule has 0 radical (unpaired) electrons. The first-order valence-corrected chi connectivity index (χ1v) is 12.9. The van der Waals surface area contributed by atoms with Crippen LogP contribution in [0, 0.1) is 5.92 Å². The number of ether oxygens (including phenoxy) is 1. The molecule has 43 heavy (non-hydrogen) atoms. The molecule has 0 aliphatic heterocycles. The zero-order valence-corrected chi connectivity index (χ0v) is 23.4. The summed E-state index contributed by atoms with van der Waals surface area (Å²) in [7, 11) is 0. The highest BCUT2D eigenvalue weighted by atomic mass is 16.5. The van der Waals surface area contributed by atoms with Crippen LogP contribution in [0.5, 0.6) is 0 Å². The van der Waals surface area contributed by atoms with Gasteiger partial charge in [-0.2, -0.15) is 0 Å². The first-order valence-electron chi connectivity index (χ1n) is 12.9. The first kappa shape index (κ1) is 35.8. The van der Waals surface area contributed by atoms with Crippen molar-refractivity contribution in [1.82, 2.24) is 21.3 Å². The first-order chi connectivity index (χ1) is 20.1. The van der Waals surface area contributed by atoms with E-state index < -0.39 is 103 Å². The van der Waals surface area contributed by atoms with E-state index in [0.29, 0.717) is 5.56 Å². The Morgan fingerprint density at radius 2 is 1.26 bits per heavy atom. The summed E-state index contributed by atoms with van der Waals surface area (Å²) < 4.78 is 5.01. The highest BCUT2D eigenvalue weighted by Crippen LogP contribution is 2.08. The number of carboxylic acid groups (broad SMARTS) is 3. The van der Waals surface area contributed by atoms with E-state index in [9.17, 15) is 43.5 Å². The number of amides is 5. The number of nitrogens with one attached hydrogen (secondary N) is 4. The average Bonchev–Trinajstić information content (AvgIpc) is 2.91. The summed E-state index contributed by atoms with van der Waals surface area (Å²) in [5.74, 6) is -9.26. The Kier molecular flexibility index (Phi) is 14.6. The summed E-state index contributed by atoms with van der Waals surface area (Å²) in [5, 5.41) is 36.0. The topological polar surface area (TPSA) is 281 Å². The standard InChI is InChI=1S/C26H35N5O12/c1-13(2)21(25(41)29-16(22(27)38)10-19(34)35)31-23(39)15(8-9-18(32)33)28-24(40)17(11-20(36)37)30-26(42)43-12-14-6-4-3-5-7-14/h3-7,13,15-17,21H,8-12H2,1-2H3,(H2,27,38)(H,28,40)(H,29,41)(H,30,42)(H,31,39)(H,32,33)(H,34,35)(H,36,37). The van der Waals surface area contributed by atoms with Crippen LogP contribution in [0.4, 0.5) is 4.79 Å². The average molecular weight is 610 g/mol. The second kappa shape index (κ2) is 17.6. The lowest BCUT2D eigenvalue weighted by molar-refractivity contribution is -0.141. The summed E-state index contributed by atoms with van der Waals surface area (Å²) in [4.78, 5) is 96.3. The van der Waals surface area contributed by atoms with Crippen LogP contribution in [0.25, 0.3) is 0 Å². The summed E-state index contributed by atoms with van der Waals surface area (Å²) >= 11 is 0. The van der Waals surface area contributed by atoms with Crippen LogP contribution in [0.1, 0.15) is 45.1 Å². The van der Waals surface area contributed by atoms with E-state index in [4.69, 9.17) is 20.7 Å². The van der Waals surface area contributed by atoms with Gasteiger partial charge in [0.05, 0.1) is 12.8 Å². The number of hydrogen-bond donors (Lipinski definition) is 8. The smallest absolute Gasteiger partial charge is 0.408 e. The largest absolute Gasteiger partial charge is 0.481 e. The van der Waals surface area contributed by atoms with E-state index >= 15 is 0 Å². The number of carboxylic acids is 3. The number of aliphatic carboxylic acids is 3. The zero-order valence-electron chi connectivity index (χ0n) is 23.4. The second-order valence-electron chi connectivity index (χ2n) is 9.64. The molecule has 5 amide bonds. The fourth-order valence-corrected chi connectivity index (χ4v) is 3.55. The molecule has 4 unspecified atom stereocenters. The summed E-state index contributed by atoms with van der Waals surface area (Å²) in [6.07, 6.45) is -4.02. The van der Waals surface area contributed by atoms with E-state index in [0.717, 1.165) is 0 Å². The van der Waals surface area contributed by atoms with Crippen molar-refractivity contribution in [3.8, 4) is 0 Å². The van der Waals surface area contributed by atoms with Gasteiger partial charge >= 0.3 is 24.0 Å². The van der Waals surface area contributed by atoms with Crippen LogP contribution in [0.2, 0.25) is 0 Å². The van der Waals surface area contributed by atoms with Crippen molar-refractivity contribution in [2.24, 2.45) is 11.7 Å². The SMILES string of the molecule is CC(C)C(NC(=O)C(CCC(=O)O)NC(=O)C(CC(=O)O)NC(=O)OCc1ccccc1)C(=O)NC(CC(=O)O)C(N)=O. The maximum atomic E-state index is 13.1. The zero-order chi connectivity index (χ0) is 32.7. The minimum atomic E-state index is -1.74. The molecule has 1 aromatic carbocycles. The van der Waals surface area contributed by atoms with Crippen molar-refractivity contribution in [3.63, 3.8) is 0 Å². The van der Waals surface area contributed by atoms with Crippen LogP contribution in [-0.4, -0.2) is 87.1 Å². The van der Waals surface area contributed by atoms with Gasteiger partial charge in [0.2, 0.25) is 23.6 Å². The molecular weight excluding hydrogens is 574 g/mol. The highest BCUT2D eigenvalue weighted by molar-refractivity contribution is 5.96. The van der Waals surface area contributed by atoms with Gasteiger partial charge in [0.1, 0.15) is 30.8 Å². The second-order valence-corrected chi connectivity index (χ2v) is 9.64. The van der Waals surface area contributed by atoms with Crippen LogP contribution >= 0.6 is 0 Å². The van der Waals surface area contributed by atoms with Crippen LogP contribution in [0.15, 0.2) is 30.3 Å². The summed E-state index contributed by atoms with van der Waals surface area (Å²) in [6.45, 7) is 2.80. The molecule has 0 aromatic heterocycles. The lowest BCUT2D eigenvalue weighted by Crippen LogP contribution is -2.59. The Bertz CT molecular complexity index is 1190. The van der Waals surface area contributed by atoms with Gasteiger partial charge in [0.15, 0.2) is 0 Å². The molecule has 0 bridgehead atoms. The number of primary amides is 1. The maximum Gasteiger partial charge on any atom is 0.408 e. The number of alkyl carbamates (subject to hydrolysis) is 1. The minimum Gasteiger partial charge on any atom is -0.481 e. The molecule has 17 nitrogen and oxygen atoms in total. The number of hydrogen-bond acceptors (Lipinski definition) is 9. The third kappa shape index (κ3) is 13.8. The van der Waals surface area contributed by atoms with Gasteiger partial charge in [-0.25, -0.2) is 4.79 Å². The molecule has 0 aliphatic carbocycles. The van der Waals surface area contributed by atoms with E-state index in [2.05, 4.69) is 21.3 Å². The predicted octanol–water partition coefficient (Wildman–Crippen LogP) is -1.31. The summed E-state index contributed by atoms with van der Waals surface area (Å²) in [6, 6.07) is 2.08. The van der Waals surface area contributed by atoms with Gasteiger partial charge in [-0.05, 0) is 17.9 Å². The Morgan fingerprint density at radius 3 is 1.77 bits per heavy atom. The molecule has 9 N–H and O–H groups in total. The molecule has 0 saturated carbocycles. The highest BCUT2D eigenvalue weighted by Gasteiger charge is 2.33. The lowest BCUT2D eigenvalue weighted by Gasteiger charge is -2.27. The van der Waals surface area contributed by atoms with Crippen molar-refractivity contribution in [2.75, 3.05) is 0 Å². The van der Waals surface area contributed by atoms with Crippen LogP contribution in [0.3, 0.4) is 0 Å². The Labute approximate surface area is 245 Å². The number of rotatable bonds is 18. The normalized spacial score (nSPS) is 13.4. The van der Waals surface area contributed by atoms with Gasteiger partial charge < -0.3 is 47.1 Å². The molecular formula is C26H35N5O12. The van der Waals surface area contributed by atoms with Crippen molar-refractivity contribution in [2.45, 2.75) is 70.3 Å². The van der Waals surface area contributed by atoms with Crippen molar-refractivity contribution < 1.29 is 58.4 Å².